The van der Waals surface area contributed by atoms with E-state index >= 15 is 0 Å². The van der Waals surface area contributed by atoms with Crippen LogP contribution in [0.2, 0.25) is 0 Å². The molecular formula is C29H38N2O3. The van der Waals surface area contributed by atoms with Crippen LogP contribution in [0.4, 0.5) is 0 Å². The average Bonchev–Trinajstić information content (AvgIpc) is 2.82. The molecule has 2 aliphatic heterocycles. The maximum Gasteiger partial charge on any atom is 0.254 e. The molecule has 2 saturated heterocycles. The Kier molecular flexibility index (Phi) is 5.97. The van der Waals surface area contributed by atoms with Crippen molar-refractivity contribution < 1.29 is 14.6 Å². The normalized spacial score (nSPS) is 26.8. The minimum Gasteiger partial charge on any atom is -0.508 e. The van der Waals surface area contributed by atoms with Crippen molar-refractivity contribution in [3.63, 3.8) is 0 Å². The number of piperidine rings is 2. The fourth-order valence-corrected chi connectivity index (χ4v) is 6.65. The lowest BCUT2D eigenvalue weighted by Crippen LogP contribution is -2.64. The molecule has 2 aromatic rings. The van der Waals surface area contributed by atoms with E-state index in [0.717, 1.165) is 56.6 Å². The molecule has 2 heterocycles. The quantitative estimate of drug-likeness (QED) is 0.712. The first kappa shape index (κ1) is 23.4. The van der Waals surface area contributed by atoms with Crippen molar-refractivity contribution in [1.29, 1.82) is 0 Å². The van der Waals surface area contributed by atoms with Crippen molar-refractivity contribution in [2.45, 2.75) is 70.6 Å². The van der Waals surface area contributed by atoms with Crippen LogP contribution in [0.5, 0.6) is 5.75 Å². The van der Waals surface area contributed by atoms with Crippen molar-refractivity contribution in [1.82, 2.24) is 9.80 Å². The van der Waals surface area contributed by atoms with E-state index in [1.807, 2.05) is 18.2 Å². The Bertz CT molecular complexity index is 1060. The zero-order valence-corrected chi connectivity index (χ0v) is 21.0. The number of methoxy groups -OCH3 is 1. The van der Waals surface area contributed by atoms with Gasteiger partial charge in [0.1, 0.15) is 5.75 Å². The van der Waals surface area contributed by atoms with Gasteiger partial charge >= 0.3 is 0 Å². The van der Waals surface area contributed by atoms with Crippen LogP contribution in [0.25, 0.3) is 0 Å². The summed E-state index contributed by atoms with van der Waals surface area (Å²) in [6, 6.07) is 14.2. The molecule has 2 fully saturated rings. The lowest BCUT2D eigenvalue weighted by Gasteiger charge is -2.60. The number of carbonyl (C=O) groups excluding carboxylic acids is 1. The Morgan fingerprint density at radius 2 is 1.76 bits per heavy atom. The third-order valence-corrected chi connectivity index (χ3v) is 9.36. The zero-order chi connectivity index (χ0) is 24.1. The van der Waals surface area contributed by atoms with Crippen molar-refractivity contribution in [3.8, 4) is 5.75 Å². The largest absolute Gasteiger partial charge is 0.508 e. The van der Waals surface area contributed by atoms with Gasteiger partial charge in [-0.3, -0.25) is 9.69 Å². The van der Waals surface area contributed by atoms with Gasteiger partial charge in [-0.25, -0.2) is 0 Å². The van der Waals surface area contributed by atoms with Crippen LogP contribution in [0.15, 0.2) is 42.5 Å². The van der Waals surface area contributed by atoms with Crippen molar-refractivity contribution >= 4 is 5.91 Å². The molecule has 5 rings (SSSR count). The summed E-state index contributed by atoms with van der Waals surface area (Å²) in [5.74, 6) is 0.462. The second kappa shape index (κ2) is 8.69. The van der Waals surface area contributed by atoms with Gasteiger partial charge < -0.3 is 14.7 Å². The van der Waals surface area contributed by atoms with E-state index in [9.17, 15) is 9.90 Å². The highest BCUT2D eigenvalue weighted by Crippen LogP contribution is 2.57. The minimum atomic E-state index is -0.0873. The third-order valence-electron chi connectivity index (χ3n) is 9.36. The van der Waals surface area contributed by atoms with Gasteiger partial charge in [-0.1, -0.05) is 45.0 Å². The summed E-state index contributed by atoms with van der Waals surface area (Å²) in [4.78, 5) is 18.2. The molecule has 182 valence electrons. The molecule has 1 amide bonds. The summed E-state index contributed by atoms with van der Waals surface area (Å²) in [6.07, 6.45) is 4.15. The van der Waals surface area contributed by atoms with Crippen molar-refractivity contribution in [3.05, 3.63) is 64.7 Å². The highest BCUT2D eigenvalue weighted by Gasteiger charge is 2.57. The van der Waals surface area contributed by atoms with E-state index in [0.29, 0.717) is 18.3 Å². The molecule has 2 aromatic carbocycles. The summed E-state index contributed by atoms with van der Waals surface area (Å²) in [7, 11) is 1.80. The van der Waals surface area contributed by atoms with Crippen LogP contribution in [0, 0.1) is 5.41 Å². The van der Waals surface area contributed by atoms with Crippen LogP contribution in [-0.2, 0) is 23.1 Å². The van der Waals surface area contributed by atoms with Gasteiger partial charge in [0.25, 0.3) is 5.91 Å². The molecular weight excluding hydrogens is 424 g/mol. The number of ether oxygens (including phenoxy) is 1. The minimum absolute atomic E-state index is 0.0568. The summed E-state index contributed by atoms with van der Waals surface area (Å²) >= 11 is 0. The standard InChI is InChI=1S/C29H38N2O3/c1-28(2)26-18-23-24(6-5-7-25(23)32)29(28,3)14-17-31(26)27(33)21-10-8-20(9-11-21)19-30-15-12-22(34-4)13-16-30/h5-11,22,26,32H,12-19H2,1-4H3/t26-,29+/m1/s1. The third kappa shape index (κ3) is 3.74. The van der Waals surface area contributed by atoms with E-state index in [4.69, 9.17) is 4.74 Å². The molecule has 34 heavy (non-hydrogen) atoms. The lowest BCUT2D eigenvalue weighted by atomic mass is 9.51. The number of phenolic OH excluding ortho intramolecular Hbond substituents is 1. The van der Waals surface area contributed by atoms with Gasteiger partial charge in [0.05, 0.1) is 6.10 Å². The zero-order valence-electron chi connectivity index (χ0n) is 21.0. The number of benzene rings is 2. The van der Waals surface area contributed by atoms with Crippen molar-refractivity contribution in [2.24, 2.45) is 5.41 Å². The number of amides is 1. The Morgan fingerprint density at radius 3 is 2.44 bits per heavy atom. The number of nitrogens with zero attached hydrogens (tertiary/aromatic N) is 2. The maximum atomic E-state index is 13.7. The smallest absolute Gasteiger partial charge is 0.254 e. The average molecular weight is 463 g/mol. The SMILES string of the molecule is COC1CCN(Cc2ccc(C(=O)N3CC[C@@]4(C)c5cccc(O)c5C[C@@H]3C4(C)C)cc2)CC1. The number of hydrogen-bond donors (Lipinski definition) is 1. The predicted octanol–water partition coefficient (Wildman–Crippen LogP) is 4.76. The van der Waals surface area contributed by atoms with Gasteiger partial charge in [0.2, 0.25) is 0 Å². The molecule has 5 heteroatoms. The number of rotatable bonds is 4. The molecule has 1 N–H and O–H groups in total. The van der Waals surface area contributed by atoms with E-state index in [1.165, 1.54) is 11.1 Å². The van der Waals surface area contributed by atoms with Gasteiger partial charge in [-0.05, 0) is 66.0 Å². The molecule has 2 atom stereocenters. The Labute approximate surface area is 203 Å². The fraction of sp³-hybridized carbons (Fsp3) is 0.552. The van der Waals surface area contributed by atoms with E-state index in [-0.39, 0.29) is 22.8 Å². The lowest BCUT2D eigenvalue weighted by molar-refractivity contribution is -0.0266. The molecule has 0 radical (unpaired) electrons. The first-order valence-corrected chi connectivity index (χ1v) is 12.7. The summed E-state index contributed by atoms with van der Waals surface area (Å²) in [5.41, 5.74) is 4.11. The van der Waals surface area contributed by atoms with Crippen molar-refractivity contribution in [2.75, 3.05) is 26.7 Å². The number of aromatic hydroxyl groups is 1. The first-order chi connectivity index (χ1) is 16.2. The van der Waals surface area contributed by atoms with Crippen LogP contribution >= 0.6 is 0 Å². The van der Waals surface area contributed by atoms with E-state index in [2.05, 4.69) is 48.8 Å². The first-order valence-electron chi connectivity index (χ1n) is 12.7. The number of likely N-dealkylation sites (tertiary alicyclic amines) is 2. The summed E-state index contributed by atoms with van der Waals surface area (Å²) in [5, 5.41) is 10.6. The molecule has 0 saturated carbocycles. The second-order valence-corrected chi connectivity index (χ2v) is 11.2. The Morgan fingerprint density at radius 1 is 1.06 bits per heavy atom. The predicted molar refractivity (Wildman–Crippen MR) is 134 cm³/mol. The number of hydrogen-bond acceptors (Lipinski definition) is 4. The highest BCUT2D eigenvalue weighted by molar-refractivity contribution is 5.94. The number of carbonyl (C=O) groups is 1. The van der Waals surface area contributed by atoms with Crippen LogP contribution in [-0.4, -0.2) is 59.7 Å². The maximum absolute atomic E-state index is 13.7. The molecule has 0 aromatic heterocycles. The molecule has 0 spiro atoms. The number of fused-ring (bicyclic) bond motifs is 4. The summed E-state index contributed by atoms with van der Waals surface area (Å²) < 4.78 is 5.48. The molecule has 1 aliphatic carbocycles. The van der Waals surface area contributed by atoms with Gasteiger partial charge in [0, 0.05) is 50.3 Å². The summed E-state index contributed by atoms with van der Waals surface area (Å²) in [6.45, 7) is 10.7. The van der Waals surface area contributed by atoms with Gasteiger partial charge in [0.15, 0.2) is 0 Å². The molecule has 5 nitrogen and oxygen atoms in total. The fourth-order valence-electron chi connectivity index (χ4n) is 6.65. The molecule has 0 unspecified atom stereocenters. The van der Waals surface area contributed by atoms with Crippen LogP contribution in [0.1, 0.15) is 67.1 Å². The van der Waals surface area contributed by atoms with E-state index in [1.54, 1.807) is 13.2 Å². The number of phenols is 1. The second-order valence-electron chi connectivity index (χ2n) is 11.2. The van der Waals surface area contributed by atoms with Gasteiger partial charge in [-0.15, -0.1) is 0 Å². The van der Waals surface area contributed by atoms with Crippen LogP contribution < -0.4 is 0 Å². The molecule has 2 bridgehead atoms. The Hall–Kier alpha value is -2.37. The highest BCUT2D eigenvalue weighted by atomic mass is 16.5. The van der Waals surface area contributed by atoms with Gasteiger partial charge in [-0.2, -0.15) is 0 Å². The van der Waals surface area contributed by atoms with E-state index < -0.39 is 0 Å². The van der Waals surface area contributed by atoms with Crippen LogP contribution in [0.3, 0.4) is 0 Å². The Balaban J connectivity index is 1.33. The topological polar surface area (TPSA) is 53.0 Å². The molecule has 3 aliphatic rings. The monoisotopic (exact) mass is 462 g/mol.